The fourth-order valence-electron chi connectivity index (χ4n) is 3.95. The number of fused-ring (bicyclic) bond motifs is 1. The molecule has 3 aromatic rings. The molecule has 0 aromatic heterocycles. The Morgan fingerprint density at radius 2 is 1.56 bits per heavy atom. The number of nitrogens with zero attached hydrogens (tertiary/aromatic N) is 1. The number of aryl methyl sites for hydroxylation is 1. The van der Waals surface area contributed by atoms with Crippen molar-refractivity contribution in [3.05, 3.63) is 104 Å². The molecule has 0 aliphatic heterocycles. The second kappa shape index (κ2) is 7.85. The molecule has 0 unspecified atom stereocenters. The van der Waals surface area contributed by atoms with Gasteiger partial charge in [0.1, 0.15) is 0 Å². The first-order valence-electron chi connectivity index (χ1n) is 9.30. The fourth-order valence-corrected chi connectivity index (χ4v) is 4.81. The van der Waals surface area contributed by atoms with E-state index in [0.717, 1.165) is 27.5 Å². The standard InChI is InChI=1S/C24H22INO/c1-17-8-7-13-22(25)23(17)24(27)26(16-18-9-3-2-4-10-18)21-14-19-11-5-6-12-20(19)15-21/h2-13,21H,14-16H2,1H3. The third-order valence-electron chi connectivity index (χ3n) is 5.36. The summed E-state index contributed by atoms with van der Waals surface area (Å²) in [4.78, 5) is 15.7. The Morgan fingerprint density at radius 3 is 2.19 bits per heavy atom. The van der Waals surface area contributed by atoms with Gasteiger partial charge in [-0.25, -0.2) is 0 Å². The minimum atomic E-state index is 0.138. The number of rotatable bonds is 4. The van der Waals surface area contributed by atoms with Crippen LogP contribution in [-0.2, 0) is 19.4 Å². The zero-order valence-corrected chi connectivity index (χ0v) is 17.5. The van der Waals surface area contributed by atoms with Gasteiger partial charge in [-0.3, -0.25) is 4.79 Å². The van der Waals surface area contributed by atoms with Crippen molar-refractivity contribution in [1.29, 1.82) is 0 Å². The van der Waals surface area contributed by atoms with Gasteiger partial charge >= 0.3 is 0 Å². The highest BCUT2D eigenvalue weighted by molar-refractivity contribution is 14.1. The Kier molecular flexibility index (Phi) is 5.30. The lowest BCUT2D eigenvalue weighted by Crippen LogP contribution is -2.41. The Balaban J connectivity index is 1.69. The summed E-state index contributed by atoms with van der Waals surface area (Å²) in [5, 5.41) is 0. The Labute approximate surface area is 174 Å². The molecule has 1 aliphatic carbocycles. The van der Waals surface area contributed by atoms with Gasteiger partial charge in [0.2, 0.25) is 0 Å². The first-order chi connectivity index (χ1) is 13.1. The summed E-state index contributed by atoms with van der Waals surface area (Å²) in [5.41, 5.74) is 5.79. The predicted molar refractivity (Wildman–Crippen MR) is 118 cm³/mol. The largest absolute Gasteiger partial charge is 0.331 e. The van der Waals surface area contributed by atoms with Gasteiger partial charge in [-0.1, -0.05) is 66.7 Å². The van der Waals surface area contributed by atoms with E-state index >= 15 is 0 Å². The van der Waals surface area contributed by atoms with E-state index in [0.29, 0.717) is 6.54 Å². The molecular weight excluding hydrogens is 445 g/mol. The number of hydrogen-bond acceptors (Lipinski definition) is 1. The summed E-state index contributed by atoms with van der Waals surface area (Å²) >= 11 is 2.28. The second-order valence-electron chi connectivity index (χ2n) is 7.18. The van der Waals surface area contributed by atoms with Crippen molar-refractivity contribution < 1.29 is 4.79 Å². The average Bonchev–Trinajstić information content (AvgIpc) is 3.10. The molecule has 0 fully saturated rings. The van der Waals surface area contributed by atoms with Gasteiger partial charge in [0, 0.05) is 16.2 Å². The van der Waals surface area contributed by atoms with Gasteiger partial charge in [0.25, 0.3) is 5.91 Å². The second-order valence-corrected chi connectivity index (χ2v) is 8.34. The van der Waals surface area contributed by atoms with Crippen LogP contribution in [0.3, 0.4) is 0 Å². The van der Waals surface area contributed by atoms with E-state index in [1.165, 1.54) is 16.7 Å². The molecule has 0 radical (unpaired) electrons. The normalized spacial score (nSPS) is 13.4. The van der Waals surface area contributed by atoms with Crippen molar-refractivity contribution in [1.82, 2.24) is 4.90 Å². The molecule has 0 spiro atoms. The minimum Gasteiger partial charge on any atom is -0.331 e. The minimum absolute atomic E-state index is 0.138. The third kappa shape index (κ3) is 3.79. The third-order valence-corrected chi connectivity index (χ3v) is 6.26. The van der Waals surface area contributed by atoms with E-state index in [2.05, 4.69) is 63.9 Å². The summed E-state index contributed by atoms with van der Waals surface area (Å²) in [6.45, 7) is 2.67. The zero-order valence-electron chi connectivity index (χ0n) is 15.4. The lowest BCUT2D eigenvalue weighted by atomic mass is 10.0. The molecular formula is C24H22INO. The van der Waals surface area contributed by atoms with Crippen LogP contribution in [-0.4, -0.2) is 16.8 Å². The number of carbonyl (C=O) groups is 1. The molecule has 136 valence electrons. The Bertz CT molecular complexity index is 922. The number of hydrogen-bond donors (Lipinski definition) is 0. The van der Waals surface area contributed by atoms with Crippen LogP contribution >= 0.6 is 22.6 Å². The first-order valence-corrected chi connectivity index (χ1v) is 10.4. The van der Waals surface area contributed by atoms with E-state index in [9.17, 15) is 4.79 Å². The van der Waals surface area contributed by atoms with Crippen molar-refractivity contribution >= 4 is 28.5 Å². The van der Waals surface area contributed by atoms with Crippen LogP contribution in [0.5, 0.6) is 0 Å². The van der Waals surface area contributed by atoms with Gasteiger partial charge in [-0.05, 0) is 70.7 Å². The lowest BCUT2D eigenvalue weighted by molar-refractivity contribution is 0.0666. The quantitative estimate of drug-likeness (QED) is 0.470. The molecule has 2 nitrogen and oxygen atoms in total. The molecule has 0 bridgehead atoms. The Morgan fingerprint density at radius 1 is 0.926 bits per heavy atom. The molecule has 27 heavy (non-hydrogen) atoms. The number of carbonyl (C=O) groups excluding carboxylic acids is 1. The molecule has 1 amide bonds. The zero-order chi connectivity index (χ0) is 18.8. The highest BCUT2D eigenvalue weighted by atomic mass is 127. The molecule has 4 rings (SSSR count). The van der Waals surface area contributed by atoms with E-state index in [1.54, 1.807) is 0 Å². The van der Waals surface area contributed by atoms with Gasteiger partial charge in [0.05, 0.1) is 5.56 Å². The van der Waals surface area contributed by atoms with Crippen LogP contribution < -0.4 is 0 Å². The highest BCUT2D eigenvalue weighted by Gasteiger charge is 2.31. The van der Waals surface area contributed by atoms with E-state index in [1.807, 2.05) is 43.3 Å². The van der Waals surface area contributed by atoms with Gasteiger partial charge in [-0.2, -0.15) is 0 Å². The smallest absolute Gasteiger partial charge is 0.255 e. The van der Waals surface area contributed by atoms with Crippen molar-refractivity contribution in [3.63, 3.8) is 0 Å². The lowest BCUT2D eigenvalue weighted by Gasteiger charge is -2.30. The maximum absolute atomic E-state index is 13.7. The molecule has 3 aromatic carbocycles. The summed E-state index contributed by atoms with van der Waals surface area (Å²) in [6, 6.07) is 25.1. The molecule has 0 N–H and O–H groups in total. The molecule has 0 saturated carbocycles. The van der Waals surface area contributed by atoms with E-state index in [4.69, 9.17) is 0 Å². The van der Waals surface area contributed by atoms with Crippen LogP contribution in [0.4, 0.5) is 0 Å². The van der Waals surface area contributed by atoms with Gasteiger partial charge in [0.15, 0.2) is 0 Å². The summed E-state index contributed by atoms with van der Waals surface area (Å²) in [6.07, 6.45) is 1.86. The summed E-state index contributed by atoms with van der Waals surface area (Å²) in [5.74, 6) is 0.138. The topological polar surface area (TPSA) is 20.3 Å². The van der Waals surface area contributed by atoms with Crippen LogP contribution in [0.15, 0.2) is 72.8 Å². The van der Waals surface area contributed by atoms with Crippen molar-refractivity contribution in [2.75, 3.05) is 0 Å². The van der Waals surface area contributed by atoms with E-state index < -0.39 is 0 Å². The summed E-state index contributed by atoms with van der Waals surface area (Å²) in [7, 11) is 0. The van der Waals surface area contributed by atoms with Crippen LogP contribution in [0.2, 0.25) is 0 Å². The SMILES string of the molecule is Cc1cccc(I)c1C(=O)N(Cc1ccccc1)C1Cc2ccccc2C1. The maximum Gasteiger partial charge on any atom is 0.255 e. The summed E-state index contributed by atoms with van der Waals surface area (Å²) < 4.78 is 1.02. The first kappa shape index (κ1) is 18.2. The maximum atomic E-state index is 13.7. The van der Waals surface area contributed by atoms with Crippen molar-refractivity contribution in [2.24, 2.45) is 0 Å². The number of halogens is 1. The van der Waals surface area contributed by atoms with Crippen LogP contribution in [0.25, 0.3) is 0 Å². The average molecular weight is 467 g/mol. The van der Waals surface area contributed by atoms with Gasteiger partial charge < -0.3 is 4.90 Å². The molecule has 0 heterocycles. The Hall–Kier alpha value is -2.14. The van der Waals surface area contributed by atoms with Crippen LogP contribution in [0.1, 0.15) is 32.6 Å². The predicted octanol–water partition coefficient (Wildman–Crippen LogP) is 5.41. The molecule has 3 heteroatoms. The monoisotopic (exact) mass is 467 g/mol. The number of amides is 1. The fraction of sp³-hybridized carbons (Fsp3) is 0.208. The highest BCUT2D eigenvalue weighted by Crippen LogP contribution is 2.29. The molecule has 0 saturated heterocycles. The molecule has 1 aliphatic rings. The van der Waals surface area contributed by atoms with Crippen LogP contribution in [0, 0.1) is 10.5 Å². The van der Waals surface area contributed by atoms with E-state index in [-0.39, 0.29) is 11.9 Å². The number of benzene rings is 3. The van der Waals surface area contributed by atoms with Gasteiger partial charge in [-0.15, -0.1) is 0 Å². The van der Waals surface area contributed by atoms with Crippen molar-refractivity contribution in [3.8, 4) is 0 Å². The van der Waals surface area contributed by atoms with Crippen molar-refractivity contribution in [2.45, 2.75) is 32.4 Å². The molecule has 0 atom stereocenters.